The number of hydrogen-bond donors (Lipinski definition) is 0. The monoisotopic (exact) mass is 305 g/mol. The van der Waals surface area contributed by atoms with Gasteiger partial charge in [0.05, 0.1) is 19.5 Å². The Bertz CT molecular complexity index is 788. The zero-order chi connectivity index (χ0) is 14.8. The summed E-state index contributed by atoms with van der Waals surface area (Å²) < 4.78 is 20.3. The lowest BCUT2D eigenvalue weighted by atomic mass is 10.2. The van der Waals surface area contributed by atoms with Crippen molar-refractivity contribution in [1.29, 1.82) is 0 Å². The number of methoxy groups -OCH3 is 1. The van der Waals surface area contributed by atoms with E-state index in [0.717, 1.165) is 11.1 Å². The van der Waals surface area contributed by atoms with Crippen molar-refractivity contribution in [3.63, 3.8) is 0 Å². The molecular formula is C15H13ClFN3O. The maximum atomic E-state index is 13.3. The molecule has 1 aromatic carbocycles. The van der Waals surface area contributed by atoms with E-state index >= 15 is 0 Å². The zero-order valence-electron chi connectivity index (χ0n) is 11.4. The van der Waals surface area contributed by atoms with E-state index in [4.69, 9.17) is 16.3 Å². The van der Waals surface area contributed by atoms with Gasteiger partial charge in [-0.25, -0.2) is 9.37 Å². The Kier molecular flexibility index (Phi) is 3.75. The number of ether oxygens (including phenoxy) is 1. The summed E-state index contributed by atoms with van der Waals surface area (Å²) in [6, 6.07) is 10.0. The molecular weight excluding hydrogens is 293 g/mol. The summed E-state index contributed by atoms with van der Waals surface area (Å²) in [5.41, 5.74) is 2.24. The molecule has 0 aliphatic rings. The highest BCUT2D eigenvalue weighted by atomic mass is 35.5. The molecule has 0 spiro atoms. The predicted molar refractivity (Wildman–Crippen MR) is 79.1 cm³/mol. The summed E-state index contributed by atoms with van der Waals surface area (Å²) in [6.45, 7) is 0.455. The fourth-order valence-corrected chi connectivity index (χ4v) is 2.43. The van der Waals surface area contributed by atoms with Gasteiger partial charge in [-0.1, -0.05) is 12.1 Å². The largest absolute Gasteiger partial charge is 0.481 e. The van der Waals surface area contributed by atoms with E-state index in [9.17, 15) is 4.39 Å². The molecule has 108 valence electrons. The molecule has 0 unspecified atom stereocenters. The fraction of sp³-hybridized carbons (Fsp3) is 0.200. The van der Waals surface area contributed by atoms with Crippen LogP contribution in [0.5, 0.6) is 5.88 Å². The summed E-state index contributed by atoms with van der Waals surface area (Å²) in [7, 11) is 1.56. The molecule has 0 radical (unpaired) electrons. The van der Waals surface area contributed by atoms with E-state index in [1.807, 2.05) is 16.7 Å². The first-order valence-corrected chi connectivity index (χ1v) is 6.95. The quantitative estimate of drug-likeness (QED) is 0.694. The van der Waals surface area contributed by atoms with Crippen molar-refractivity contribution in [2.75, 3.05) is 7.11 Å². The molecule has 0 N–H and O–H groups in total. The first kappa shape index (κ1) is 13.8. The summed E-state index contributed by atoms with van der Waals surface area (Å²) in [5.74, 6) is 1.18. The van der Waals surface area contributed by atoms with E-state index in [-0.39, 0.29) is 11.7 Å². The third kappa shape index (κ3) is 2.69. The van der Waals surface area contributed by atoms with E-state index in [2.05, 4.69) is 9.97 Å². The number of aromatic nitrogens is 3. The molecule has 0 fully saturated rings. The minimum atomic E-state index is -0.269. The Morgan fingerprint density at radius 3 is 2.81 bits per heavy atom. The van der Waals surface area contributed by atoms with E-state index in [1.165, 1.54) is 12.1 Å². The van der Waals surface area contributed by atoms with Crippen LogP contribution in [-0.4, -0.2) is 21.6 Å². The summed E-state index contributed by atoms with van der Waals surface area (Å²) >= 11 is 5.96. The zero-order valence-corrected chi connectivity index (χ0v) is 12.1. The molecule has 2 heterocycles. The van der Waals surface area contributed by atoms with Crippen LogP contribution in [0.25, 0.3) is 11.2 Å². The Labute approximate surface area is 126 Å². The van der Waals surface area contributed by atoms with Gasteiger partial charge >= 0.3 is 0 Å². The number of alkyl halides is 1. The van der Waals surface area contributed by atoms with E-state index < -0.39 is 0 Å². The smallest absolute Gasteiger partial charge is 0.215 e. The number of rotatable bonds is 4. The van der Waals surface area contributed by atoms with Crippen LogP contribution in [0.3, 0.4) is 0 Å². The molecule has 2 aromatic heterocycles. The Hall–Kier alpha value is -2.14. The Balaban J connectivity index is 2.10. The van der Waals surface area contributed by atoms with Crippen LogP contribution in [0.1, 0.15) is 11.4 Å². The summed E-state index contributed by atoms with van der Waals surface area (Å²) in [6.07, 6.45) is 0. The Morgan fingerprint density at radius 1 is 1.24 bits per heavy atom. The van der Waals surface area contributed by atoms with Crippen LogP contribution >= 0.6 is 11.6 Å². The standard InChI is InChI=1S/C15H13ClFN3O/c1-21-14-6-5-12-15(19-14)20(13(8-16)18-12)9-10-3-2-4-11(17)7-10/h2-7H,8-9H2,1H3. The van der Waals surface area contributed by atoms with Crippen molar-refractivity contribution in [3.8, 4) is 5.88 Å². The number of benzene rings is 1. The van der Waals surface area contributed by atoms with Crippen molar-refractivity contribution in [1.82, 2.24) is 14.5 Å². The molecule has 0 aliphatic heterocycles. The average Bonchev–Trinajstić information content (AvgIpc) is 2.84. The van der Waals surface area contributed by atoms with E-state index in [1.54, 1.807) is 19.2 Å². The molecule has 3 rings (SSSR count). The number of imidazole rings is 1. The Morgan fingerprint density at radius 2 is 2.10 bits per heavy atom. The normalized spacial score (nSPS) is 11.0. The van der Waals surface area contributed by atoms with Crippen LogP contribution in [0.15, 0.2) is 36.4 Å². The SMILES string of the molecule is COc1ccc2nc(CCl)n(Cc3cccc(F)c3)c2n1. The van der Waals surface area contributed by atoms with Gasteiger partial charge in [-0.2, -0.15) is 4.98 Å². The fourth-order valence-electron chi connectivity index (χ4n) is 2.23. The van der Waals surface area contributed by atoms with Gasteiger partial charge in [0.1, 0.15) is 17.2 Å². The highest BCUT2D eigenvalue weighted by Gasteiger charge is 2.13. The predicted octanol–water partition coefficient (Wildman–Crippen LogP) is 3.37. The highest BCUT2D eigenvalue weighted by Crippen LogP contribution is 2.20. The lowest BCUT2D eigenvalue weighted by Crippen LogP contribution is -2.05. The van der Waals surface area contributed by atoms with E-state index in [0.29, 0.717) is 23.9 Å². The third-order valence-electron chi connectivity index (χ3n) is 3.20. The lowest BCUT2D eigenvalue weighted by molar-refractivity contribution is 0.399. The van der Waals surface area contributed by atoms with Crippen molar-refractivity contribution >= 4 is 22.8 Å². The molecule has 4 nitrogen and oxygen atoms in total. The van der Waals surface area contributed by atoms with Gasteiger partial charge in [-0.15, -0.1) is 11.6 Å². The van der Waals surface area contributed by atoms with Crippen LogP contribution < -0.4 is 4.74 Å². The molecule has 0 aliphatic carbocycles. The van der Waals surface area contributed by atoms with Crippen LogP contribution in [0.2, 0.25) is 0 Å². The maximum Gasteiger partial charge on any atom is 0.215 e. The molecule has 3 aromatic rings. The van der Waals surface area contributed by atoms with Gasteiger partial charge in [0.15, 0.2) is 5.65 Å². The van der Waals surface area contributed by atoms with Crippen LogP contribution in [0, 0.1) is 5.82 Å². The third-order valence-corrected chi connectivity index (χ3v) is 3.44. The van der Waals surface area contributed by atoms with Crippen LogP contribution in [0.4, 0.5) is 4.39 Å². The first-order chi connectivity index (χ1) is 10.2. The molecule has 0 saturated carbocycles. The number of nitrogens with zero attached hydrogens (tertiary/aromatic N) is 3. The van der Waals surface area contributed by atoms with Gasteiger partial charge in [-0.3, -0.25) is 0 Å². The summed E-state index contributed by atoms with van der Waals surface area (Å²) in [4.78, 5) is 8.85. The number of hydrogen-bond acceptors (Lipinski definition) is 3. The second-order valence-corrected chi connectivity index (χ2v) is 4.84. The lowest BCUT2D eigenvalue weighted by Gasteiger charge is -2.08. The second kappa shape index (κ2) is 5.69. The summed E-state index contributed by atoms with van der Waals surface area (Å²) in [5, 5.41) is 0. The topological polar surface area (TPSA) is 39.9 Å². The van der Waals surface area contributed by atoms with Crippen LogP contribution in [-0.2, 0) is 12.4 Å². The molecule has 0 amide bonds. The van der Waals surface area contributed by atoms with Crippen molar-refractivity contribution in [2.45, 2.75) is 12.4 Å². The van der Waals surface area contributed by atoms with Crippen molar-refractivity contribution in [2.24, 2.45) is 0 Å². The van der Waals surface area contributed by atoms with Gasteiger partial charge in [0.2, 0.25) is 5.88 Å². The molecule has 0 bridgehead atoms. The first-order valence-electron chi connectivity index (χ1n) is 6.42. The van der Waals surface area contributed by atoms with Gasteiger partial charge in [-0.05, 0) is 23.8 Å². The van der Waals surface area contributed by atoms with Gasteiger partial charge in [0, 0.05) is 6.07 Å². The molecule has 0 saturated heterocycles. The van der Waals surface area contributed by atoms with Crippen molar-refractivity contribution in [3.05, 3.63) is 53.6 Å². The number of halogens is 2. The van der Waals surface area contributed by atoms with Gasteiger partial charge in [0.25, 0.3) is 0 Å². The number of pyridine rings is 1. The maximum absolute atomic E-state index is 13.3. The minimum Gasteiger partial charge on any atom is -0.481 e. The average molecular weight is 306 g/mol. The molecule has 0 atom stereocenters. The van der Waals surface area contributed by atoms with Crippen molar-refractivity contribution < 1.29 is 9.13 Å². The number of fused-ring (bicyclic) bond motifs is 1. The highest BCUT2D eigenvalue weighted by molar-refractivity contribution is 6.16. The molecule has 21 heavy (non-hydrogen) atoms. The minimum absolute atomic E-state index is 0.258. The van der Waals surface area contributed by atoms with Gasteiger partial charge < -0.3 is 9.30 Å². The molecule has 6 heteroatoms. The second-order valence-electron chi connectivity index (χ2n) is 4.57.